The van der Waals surface area contributed by atoms with Crippen LogP contribution in [-0.2, 0) is 6.54 Å². The van der Waals surface area contributed by atoms with Gasteiger partial charge in [0, 0.05) is 18.8 Å². The molecular formula is C10H12N2OS. The first-order chi connectivity index (χ1) is 6.75. The highest BCUT2D eigenvalue weighted by atomic mass is 32.1. The van der Waals surface area contributed by atoms with Crippen LogP contribution in [0.5, 0.6) is 0 Å². The lowest BCUT2D eigenvalue weighted by Gasteiger charge is -2.00. The summed E-state index contributed by atoms with van der Waals surface area (Å²) in [5.74, 6) is 0.784. The van der Waals surface area contributed by atoms with Crippen molar-refractivity contribution in [1.82, 2.24) is 9.55 Å². The number of aromatic amines is 1. The molecule has 1 aromatic heterocycles. The Labute approximate surface area is 87.1 Å². The maximum absolute atomic E-state index is 10.9. The van der Waals surface area contributed by atoms with Gasteiger partial charge in [-0.2, -0.15) is 0 Å². The molecule has 0 aromatic carbocycles. The van der Waals surface area contributed by atoms with Crippen molar-refractivity contribution in [3.63, 3.8) is 0 Å². The molecule has 0 aliphatic heterocycles. The van der Waals surface area contributed by atoms with Crippen LogP contribution in [0.3, 0.4) is 0 Å². The van der Waals surface area contributed by atoms with E-state index in [1.54, 1.807) is 6.20 Å². The molecule has 1 aliphatic carbocycles. The Hall–Kier alpha value is -1.16. The first-order valence-electron chi connectivity index (χ1n) is 4.72. The van der Waals surface area contributed by atoms with Gasteiger partial charge < -0.3 is 4.57 Å². The van der Waals surface area contributed by atoms with Gasteiger partial charge in [-0.25, -0.2) is 0 Å². The van der Waals surface area contributed by atoms with E-state index in [1.807, 2.05) is 4.57 Å². The van der Waals surface area contributed by atoms with E-state index >= 15 is 0 Å². The molecule has 0 spiro atoms. The van der Waals surface area contributed by atoms with Gasteiger partial charge in [-0.15, -0.1) is 0 Å². The Kier molecular flexibility index (Phi) is 2.63. The number of nitrogens with zero attached hydrogens (tertiary/aromatic N) is 1. The van der Waals surface area contributed by atoms with E-state index in [4.69, 9.17) is 12.2 Å². The molecule has 1 saturated carbocycles. The molecule has 1 heterocycles. The third-order valence-corrected chi connectivity index (χ3v) is 2.57. The van der Waals surface area contributed by atoms with Gasteiger partial charge in [0.1, 0.15) is 0 Å². The maximum atomic E-state index is 10.9. The SMILES string of the molecule is O=c1ccn(C/C=C/C2CC2)c(=S)[nH]1. The molecule has 2 rings (SSSR count). The Balaban J connectivity index is 2.08. The van der Waals surface area contributed by atoms with Crippen LogP contribution in [0.1, 0.15) is 12.8 Å². The fraction of sp³-hybridized carbons (Fsp3) is 0.400. The molecule has 0 radical (unpaired) electrons. The molecule has 1 fully saturated rings. The summed E-state index contributed by atoms with van der Waals surface area (Å²) in [5, 5.41) is 0. The number of aromatic nitrogens is 2. The number of allylic oxidation sites excluding steroid dienone is 2. The topological polar surface area (TPSA) is 37.8 Å². The highest BCUT2D eigenvalue weighted by Crippen LogP contribution is 2.29. The van der Waals surface area contributed by atoms with Crippen LogP contribution >= 0.6 is 12.2 Å². The zero-order chi connectivity index (χ0) is 9.97. The smallest absolute Gasteiger partial charge is 0.251 e. The van der Waals surface area contributed by atoms with E-state index in [0.29, 0.717) is 4.77 Å². The van der Waals surface area contributed by atoms with Crippen molar-refractivity contribution in [3.05, 3.63) is 39.5 Å². The summed E-state index contributed by atoms with van der Waals surface area (Å²) < 4.78 is 2.33. The Morgan fingerprint density at radius 3 is 3.07 bits per heavy atom. The lowest BCUT2D eigenvalue weighted by molar-refractivity contribution is 0.759. The van der Waals surface area contributed by atoms with Crippen LogP contribution in [0.15, 0.2) is 29.2 Å². The molecule has 1 aromatic rings. The minimum atomic E-state index is -0.141. The first kappa shape index (κ1) is 9.40. The van der Waals surface area contributed by atoms with Gasteiger partial charge in [0.25, 0.3) is 5.56 Å². The quantitative estimate of drug-likeness (QED) is 0.608. The summed E-state index contributed by atoms with van der Waals surface area (Å²) in [6.07, 6.45) is 8.66. The van der Waals surface area contributed by atoms with Gasteiger partial charge in [-0.3, -0.25) is 9.78 Å². The largest absolute Gasteiger partial charge is 0.321 e. The maximum Gasteiger partial charge on any atom is 0.251 e. The molecule has 3 nitrogen and oxygen atoms in total. The molecular weight excluding hydrogens is 196 g/mol. The average molecular weight is 208 g/mol. The van der Waals surface area contributed by atoms with Gasteiger partial charge in [-0.05, 0) is 31.0 Å². The number of nitrogens with one attached hydrogen (secondary N) is 1. The lowest BCUT2D eigenvalue weighted by Crippen LogP contribution is -2.10. The fourth-order valence-electron chi connectivity index (χ4n) is 1.24. The molecule has 74 valence electrons. The summed E-state index contributed by atoms with van der Waals surface area (Å²) in [6.45, 7) is 0.742. The van der Waals surface area contributed by atoms with E-state index in [-0.39, 0.29) is 5.56 Å². The van der Waals surface area contributed by atoms with E-state index in [0.717, 1.165) is 12.5 Å². The fourth-order valence-corrected chi connectivity index (χ4v) is 1.48. The predicted molar refractivity (Wildman–Crippen MR) is 57.8 cm³/mol. The van der Waals surface area contributed by atoms with Crippen molar-refractivity contribution < 1.29 is 0 Å². The van der Waals surface area contributed by atoms with E-state index < -0.39 is 0 Å². The van der Waals surface area contributed by atoms with Gasteiger partial charge in [0.05, 0.1) is 0 Å². The van der Waals surface area contributed by atoms with Crippen molar-refractivity contribution in [1.29, 1.82) is 0 Å². The normalized spacial score (nSPS) is 16.3. The predicted octanol–water partition coefficient (Wildman–Crippen LogP) is 1.87. The minimum Gasteiger partial charge on any atom is -0.321 e. The second-order valence-electron chi connectivity index (χ2n) is 3.53. The van der Waals surface area contributed by atoms with Crippen LogP contribution in [0.2, 0.25) is 0 Å². The zero-order valence-corrected chi connectivity index (χ0v) is 8.59. The first-order valence-corrected chi connectivity index (χ1v) is 5.13. The minimum absolute atomic E-state index is 0.141. The van der Waals surface area contributed by atoms with Crippen LogP contribution in [0, 0.1) is 10.7 Å². The molecule has 0 bridgehead atoms. The van der Waals surface area contributed by atoms with E-state index in [9.17, 15) is 4.79 Å². The third-order valence-electron chi connectivity index (χ3n) is 2.23. The molecule has 4 heteroatoms. The molecule has 0 amide bonds. The Morgan fingerprint density at radius 2 is 2.43 bits per heavy atom. The molecule has 14 heavy (non-hydrogen) atoms. The number of H-pyrrole nitrogens is 1. The molecule has 1 N–H and O–H groups in total. The van der Waals surface area contributed by atoms with Crippen molar-refractivity contribution in [2.45, 2.75) is 19.4 Å². The summed E-state index contributed by atoms with van der Waals surface area (Å²) >= 11 is 5.01. The van der Waals surface area contributed by atoms with Crippen molar-refractivity contribution in [2.75, 3.05) is 0 Å². The molecule has 1 aliphatic rings. The standard InChI is InChI=1S/C10H12N2OS/c13-9-5-7-12(10(14)11-9)6-1-2-8-3-4-8/h1-2,5,7-8H,3-4,6H2,(H,11,13,14)/b2-1+. The number of rotatable bonds is 3. The van der Waals surface area contributed by atoms with Gasteiger partial charge in [0.15, 0.2) is 4.77 Å². The molecule has 0 unspecified atom stereocenters. The number of hydrogen-bond donors (Lipinski definition) is 1. The lowest BCUT2D eigenvalue weighted by atomic mass is 10.3. The second kappa shape index (κ2) is 3.92. The van der Waals surface area contributed by atoms with Crippen LogP contribution in [0.4, 0.5) is 0 Å². The summed E-state index contributed by atoms with van der Waals surface area (Å²) in [6, 6.07) is 1.49. The van der Waals surface area contributed by atoms with Crippen molar-refractivity contribution in [3.8, 4) is 0 Å². The zero-order valence-electron chi connectivity index (χ0n) is 7.77. The second-order valence-corrected chi connectivity index (χ2v) is 3.91. The molecule has 0 saturated heterocycles. The summed E-state index contributed by atoms with van der Waals surface area (Å²) in [4.78, 5) is 13.5. The average Bonchev–Trinajstić information content (AvgIpc) is 2.92. The van der Waals surface area contributed by atoms with Crippen LogP contribution in [-0.4, -0.2) is 9.55 Å². The van der Waals surface area contributed by atoms with Crippen molar-refractivity contribution >= 4 is 12.2 Å². The highest BCUT2D eigenvalue weighted by molar-refractivity contribution is 7.71. The molecule has 0 atom stereocenters. The van der Waals surface area contributed by atoms with E-state index in [1.165, 1.54) is 18.9 Å². The van der Waals surface area contributed by atoms with Gasteiger partial charge in [0.2, 0.25) is 0 Å². The van der Waals surface area contributed by atoms with Gasteiger partial charge in [-0.1, -0.05) is 12.2 Å². The van der Waals surface area contributed by atoms with Gasteiger partial charge >= 0.3 is 0 Å². The summed E-state index contributed by atoms with van der Waals surface area (Å²) in [7, 11) is 0. The van der Waals surface area contributed by atoms with Crippen LogP contribution in [0.25, 0.3) is 0 Å². The van der Waals surface area contributed by atoms with Crippen LogP contribution < -0.4 is 5.56 Å². The Morgan fingerprint density at radius 1 is 1.64 bits per heavy atom. The van der Waals surface area contributed by atoms with E-state index in [2.05, 4.69) is 17.1 Å². The third kappa shape index (κ3) is 2.42. The number of hydrogen-bond acceptors (Lipinski definition) is 2. The summed E-state index contributed by atoms with van der Waals surface area (Å²) in [5.41, 5.74) is -0.141. The monoisotopic (exact) mass is 208 g/mol. The van der Waals surface area contributed by atoms with Crippen molar-refractivity contribution in [2.24, 2.45) is 5.92 Å². The Bertz CT molecular complexity index is 454. The highest BCUT2D eigenvalue weighted by Gasteiger charge is 2.16.